The lowest BCUT2D eigenvalue weighted by atomic mass is 10.2. The summed E-state index contributed by atoms with van der Waals surface area (Å²) in [5.74, 6) is 0.802. The zero-order chi connectivity index (χ0) is 15.7. The Morgan fingerprint density at radius 3 is 2.29 bits per heavy atom. The number of ether oxygens (including phenoxy) is 1. The van der Waals surface area contributed by atoms with Crippen LogP contribution in [0.1, 0.15) is 46.5 Å². The lowest BCUT2D eigenvalue weighted by molar-refractivity contribution is -0.114. The van der Waals surface area contributed by atoms with E-state index in [2.05, 4.69) is 24.1 Å². The number of carbonyl (C=O) groups excluding carboxylic acids is 1. The fraction of sp³-hybridized carbons (Fsp3) is 0.588. The first-order valence-electron chi connectivity index (χ1n) is 7.82. The van der Waals surface area contributed by atoms with E-state index >= 15 is 0 Å². The van der Waals surface area contributed by atoms with Gasteiger partial charge in [0.15, 0.2) is 0 Å². The molecule has 1 aromatic rings. The second-order valence-electron chi connectivity index (χ2n) is 5.26. The summed E-state index contributed by atoms with van der Waals surface area (Å²) in [6.45, 7) is 7.94. The fourth-order valence-corrected chi connectivity index (χ4v) is 2.27. The first-order chi connectivity index (χ1) is 10.1. The van der Waals surface area contributed by atoms with Crippen molar-refractivity contribution in [3.8, 4) is 5.75 Å². The fourth-order valence-electron chi connectivity index (χ4n) is 2.27. The number of methoxy groups -OCH3 is 1. The molecular formula is C17H28N2O2. The van der Waals surface area contributed by atoms with Crippen molar-refractivity contribution < 1.29 is 9.53 Å². The Balaban J connectivity index is 3.02. The SMILES string of the molecule is CCCCN(CCCC)c1cc(NC(C)=O)ccc1OC. The van der Waals surface area contributed by atoms with Gasteiger partial charge in [0.05, 0.1) is 12.8 Å². The van der Waals surface area contributed by atoms with Crippen molar-refractivity contribution >= 4 is 17.3 Å². The number of carbonyl (C=O) groups is 1. The Morgan fingerprint density at radius 2 is 1.81 bits per heavy atom. The van der Waals surface area contributed by atoms with Crippen LogP contribution in [0, 0.1) is 0 Å². The maximum atomic E-state index is 11.2. The Hall–Kier alpha value is -1.71. The van der Waals surface area contributed by atoms with Crippen molar-refractivity contribution in [3.63, 3.8) is 0 Å². The highest BCUT2D eigenvalue weighted by molar-refractivity contribution is 5.89. The van der Waals surface area contributed by atoms with Gasteiger partial charge in [-0.25, -0.2) is 0 Å². The lowest BCUT2D eigenvalue weighted by Gasteiger charge is -2.27. The molecule has 0 saturated carbocycles. The molecule has 21 heavy (non-hydrogen) atoms. The second kappa shape index (κ2) is 9.27. The second-order valence-corrected chi connectivity index (χ2v) is 5.26. The molecule has 0 aliphatic carbocycles. The Kier molecular flexibility index (Phi) is 7.65. The molecule has 0 saturated heterocycles. The highest BCUT2D eigenvalue weighted by Gasteiger charge is 2.13. The maximum absolute atomic E-state index is 11.2. The zero-order valence-electron chi connectivity index (χ0n) is 13.7. The third kappa shape index (κ3) is 5.66. The molecule has 0 bridgehead atoms. The largest absolute Gasteiger partial charge is 0.495 e. The molecule has 0 unspecified atom stereocenters. The zero-order valence-corrected chi connectivity index (χ0v) is 13.7. The molecule has 1 rings (SSSR count). The van der Waals surface area contributed by atoms with E-state index < -0.39 is 0 Å². The molecule has 0 fully saturated rings. The van der Waals surface area contributed by atoms with Crippen molar-refractivity contribution in [3.05, 3.63) is 18.2 Å². The van der Waals surface area contributed by atoms with Crippen molar-refractivity contribution in [1.29, 1.82) is 0 Å². The number of unbranched alkanes of at least 4 members (excludes halogenated alkanes) is 2. The van der Waals surface area contributed by atoms with Crippen LogP contribution in [0.25, 0.3) is 0 Å². The standard InChI is InChI=1S/C17H28N2O2/c1-5-7-11-19(12-8-6-2)16-13-15(18-14(3)20)9-10-17(16)21-4/h9-10,13H,5-8,11-12H2,1-4H3,(H,18,20). The molecule has 118 valence electrons. The van der Waals surface area contributed by atoms with E-state index in [4.69, 9.17) is 4.74 Å². The molecule has 0 atom stereocenters. The lowest BCUT2D eigenvalue weighted by Crippen LogP contribution is -2.26. The van der Waals surface area contributed by atoms with Gasteiger partial charge in [-0.3, -0.25) is 4.79 Å². The van der Waals surface area contributed by atoms with Crippen molar-refractivity contribution in [1.82, 2.24) is 0 Å². The normalized spacial score (nSPS) is 10.3. The minimum absolute atomic E-state index is 0.0558. The molecule has 0 heterocycles. The van der Waals surface area contributed by atoms with Crippen LogP contribution in [-0.2, 0) is 4.79 Å². The topological polar surface area (TPSA) is 41.6 Å². The molecule has 0 spiro atoms. The van der Waals surface area contributed by atoms with Gasteiger partial charge in [0.1, 0.15) is 5.75 Å². The monoisotopic (exact) mass is 292 g/mol. The molecular weight excluding hydrogens is 264 g/mol. The number of hydrogen-bond acceptors (Lipinski definition) is 3. The quantitative estimate of drug-likeness (QED) is 0.746. The number of nitrogens with zero attached hydrogens (tertiary/aromatic N) is 1. The maximum Gasteiger partial charge on any atom is 0.221 e. The first-order valence-corrected chi connectivity index (χ1v) is 7.82. The Morgan fingerprint density at radius 1 is 1.19 bits per heavy atom. The molecule has 1 N–H and O–H groups in total. The summed E-state index contributed by atoms with van der Waals surface area (Å²) < 4.78 is 5.49. The van der Waals surface area contributed by atoms with Gasteiger partial charge in [0, 0.05) is 25.7 Å². The van der Waals surface area contributed by atoms with Crippen LogP contribution in [0.3, 0.4) is 0 Å². The van der Waals surface area contributed by atoms with Gasteiger partial charge in [0.25, 0.3) is 0 Å². The summed E-state index contributed by atoms with van der Waals surface area (Å²) in [5, 5.41) is 2.84. The van der Waals surface area contributed by atoms with Crippen molar-refractivity contribution in [2.75, 3.05) is 30.4 Å². The first kappa shape index (κ1) is 17.3. The highest BCUT2D eigenvalue weighted by atomic mass is 16.5. The van der Waals surface area contributed by atoms with Crippen molar-refractivity contribution in [2.24, 2.45) is 0 Å². The molecule has 0 aliphatic heterocycles. The third-order valence-electron chi connectivity index (χ3n) is 3.40. The summed E-state index contributed by atoms with van der Waals surface area (Å²) in [6, 6.07) is 5.80. The molecule has 4 heteroatoms. The minimum atomic E-state index is -0.0558. The van der Waals surface area contributed by atoms with Crippen LogP contribution in [0.2, 0.25) is 0 Å². The van der Waals surface area contributed by atoms with E-state index in [1.54, 1.807) is 7.11 Å². The van der Waals surface area contributed by atoms with Crippen molar-refractivity contribution in [2.45, 2.75) is 46.5 Å². The minimum Gasteiger partial charge on any atom is -0.495 e. The third-order valence-corrected chi connectivity index (χ3v) is 3.40. The number of amides is 1. The number of anilines is 2. The van der Waals surface area contributed by atoms with Gasteiger partial charge >= 0.3 is 0 Å². The van der Waals surface area contributed by atoms with Gasteiger partial charge in [-0.1, -0.05) is 26.7 Å². The molecule has 0 radical (unpaired) electrons. The van der Waals surface area contributed by atoms with Crippen LogP contribution < -0.4 is 15.0 Å². The van der Waals surface area contributed by atoms with Crippen LogP contribution in [-0.4, -0.2) is 26.1 Å². The van der Waals surface area contributed by atoms with Gasteiger partial charge in [-0.2, -0.15) is 0 Å². The molecule has 1 amide bonds. The van der Waals surface area contributed by atoms with Gasteiger partial charge in [-0.05, 0) is 31.0 Å². The predicted molar refractivity (Wildman–Crippen MR) is 89.3 cm³/mol. The van der Waals surface area contributed by atoms with E-state index in [0.717, 1.165) is 55.9 Å². The van der Waals surface area contributed by atoms with Crippen LogP contribution in [0.5, 0.6) is 5.75 Å². The number of benzene rings is 1. The molecule has 0 aliphatic rings. The van der Waals surface area contributed by atoms with Gasteiger partial charge < -0.3 is 15.0 Å². The number of rotatable bonds is 9. The summed E-state index contributed by atoms with van der Waals surface area (Å²) in [4.78, 5) is 13.6. The predicted octanol–water partition coefficient (Wildman–Crippen LogP) is 4.06. The Labute approximate surface area is 128 Å². The average molecular weight is 292 g/mol. The van der Waals surface area contributed by atoms with E-state index in [0.29, 0.717) is 0 Å². The molecule has 1 aromatic carbocycles. The van der Waals surface area contributed by atoms with E-state index in [1.807, 2.05) is 18.2 Å². The van der Waals surface area contributed by atoms with Gasteiger partial charge in [-0.15, -0.1) is 0 Å². The van der Waals surface area contributed by atoms with Crippen LogP contribution in [0.4, 0.5) is 11.4 Å². The van der Waals surface area contributed by atoms with Gasteiger partial charge in [0.2, 0.25) is 5.91 Å². The number of hydrogen-bond donors (Lipinski definition) is 1. The summed E-state index contributed by atoms with van der Waals surface area (Å²) >= 11 is 0. The summed E-state index contributed by atoms with van der Waals surface area (Å²) in [6.07, 6.45) is 4.63. The van der Waals surface area contributed by atoms with E-state index in [1.165, 1.54) is 6.92 Å². The molecule has 0 aromatic heterocycles. The summed E-state index contributed by atoms with van der Waals surface area (Å²) in [7, 11) is 1.69. The Bertz CT molecular complexity index is 438. The average Bonchev–Trinajstić information content (AvgIpc) is 2.47. The van der Waals surface area contributed by atoms with E-state index in [9.17, 15) is 4.79 Å². The smallest absolute Gasteiger partial charge is 0.221 e. The highest BCUT2D eigenvalue weighted by Crippen LogP contribution is 2.32. The van der Waals surface area contributed by atoms with E-state index in [-0.39, 0.29) is 5.91 Å². The summed E-state index contributed by atoms with van der Waals surface area (Å²) in [5.41, 5.74) is 1.88. The van der Waals surface area contributed by atoms with Crippen LogP contribution in [0.15, 0.2) is 18.2 Å². The molecule has 4 nitrogen and oxygen atoms in total. The van der Waals surface area contributed by atoms with Crippen LogP contribution >= 0.6 is 0 Å². The number of nitrogens with one attached hydrogen (secondary N) is 1.